The summed E-state index contributed by atoms with van der Waals surface area (Å²) in [4.78, 5) is 15.8. The molecule has 0 saturated carbocycles. The molecule has 30 heavy (non-hydrogen) atoms. The van der Waals surface area contributed by atoms with Gasteiger partial charge in [0, 0.05) is 17.7 Å². The molecule has 2 aromatic heterocycles. The van der Waals surface area contributed by atoms with Gasteiger partial charge in [-0.3, -0.25) is 4.79 Å². The summed E-state index contributed by atoms with van der Waals surface area (Å²) < 4.78 is 20.8. The standard InChI is InChI=1S/C19H21FN6O2S2/c20-12-3-5-13(6-4-12)22-18-23-14(10-29-18)8-17-24-25-19(30-11-16(21)27)26(17)9-15-2-1-7-28-15/h3-6,10,15H,1-2,7-9,11H2,(H2,21,27)(H,22,23). The number of carbonyl (C=O) groups is 1. The summed E-state index contributed by atoms with van der Waals surface area (Å²) in [6, 6.07) is 6.12. The van der Waals surface area contributed by atoms with Gasteiger partial charge in [-0.25, -0.2) is 9.37 Å². The number of hydrogen-bond donors (Lipinski definition) is 2. The van der Waals surface area contributed by atoms with Crippen molar-refractivity contribution in [1.29, 1.82) is 0 Å². The molecule has 1 unspecified atom stereocenters. The minimum atomic E-state index is -0.399. The van der Waals surface area contributed by atoms with Gasteiger partial charge in [0.25, 0.3) is 0 Å². The number of amides is 1. The van der Waals surface area contributed by atoms with E-state index in [0.717, 1.165) is 36.7 Å². The first-order chi connectivity index (χ1) is 14.6. The molecule has 0 aliphatic carbocycles. The van der Waals surface area contributed by atoms with Gasteiger partial charge >= 0.3 is 0 Å². The number of halogens is 1. The van der Waals surface area contributed by atoms with Gasteiger partial charge in [0.2, 0.25) is 5.91 Å². The SMILES string of the molecule is NC(=O)CSc1nnc(Cc2csc(Nc3ccc(F)cc3)n2)n1CC1CCCO1. The fraction of sp³-hybridized carbons (Fsp3) is 0.368. The highest BCUT2D eigenvalue weighted by Gasteiger charge is 2.22. The van der Waals surface area contributed by atoms with Crippen LogP contribution >= 0.6 is 23.1 Å². The van der Waals surface area contributed by atoms with E-state index in [1.807, 2.05) is 9.95 Å². The zero-order chi connectivity index (χ0) is 20.9. The number of thioether (sulfide) groups is 1. The first-order valence-electron chi connectivity index (χ1n) is 9.48. The molecule has 0 radical (unpaired) electrons. The van der Waals surface area contributed by atoms with E-state index in [1.165, 1.54) is 35.2 Å². The normalized spacial score (nSPS) is 16.1. The number of thiazole rings is 1. The van der Waals surface area contributed by atoms with Crippen LogP contribution in [0.15, 0.2) is 34.8 Å². The van der Waals surface area contributed by atoms with Gasteiger partial charge in [-0.15, -0.1) is 21.5 Å². The molecule has 1 aliphatic rings. The summed E-state index contributed by atoms with van der Waals surface area (Å²) >= 11 is 2.74. The maximum Gasteiger partial charge on any atom is 0.227 e. The number of primary amides is 1. The Morgan fingerprint density at radius 2 is 2.20 bits per heavy atom. The van der Waals surface area contributed by atoms with E-state index < -0.39 is 5.91 Å². The molecule has 11 heteroatoms. The minimum absolute atomic E-state index is 0.110. The molecule has 1 atom stereocenters. The Balaban J connectivity index is 1.48. The van der Waals surface area contributed by atoms with Crippen molar-refractivity contribution in [1.82, 2.24) is 19.7 Å². The molecule has 1 aromatic carbocycles. The van der Waals surface area contributed by atoms with Crippen LogP contribution in [0.1, 0.15) is 24.4 Å². The lowest BCUT2D eigenvalue weighted by atomic mass is 10.2. The summed E-state index contributed by atoms with van der Waals surface area (Å²) in [5.41, 5.74) is 6.89. The number of nitrogens with zero attached hydrogens (tertiary/aromatic N) is 4. The highest BCUT2D eigenvalue weighted by molar-refractivity contribution is 7.99. The maximum absolute atomic E-state index is 13.1. The van der Waals surface area contributed by atoms with E-state index in [9.17, 15) is 9.18 Å². The Morgan fingerprint density at radius 1 is 1.37 bits per heavy atom. The number of ether oxygens (including phenoxy) is 1. The number of hydrogen-bond acceptors (Lipinski definition) is 8. The molecule has 8 nitrogen and oxygen atoms in total. The monoisotopic (exact) mass is 448 g/mol. The van der Waals surface area contributed by atoms with Crippen LogP contribution in [0.25, 0.3) is 0 Å². The fourth-order valence-corrected chi connectivity index (χ4v) is 4.57. The van der Waals surface area contributed by atoms with Crippen LogP contribution in [0.3, 0.4) is 0 Å². The lowest BCUT2D eigenvalue weighted by molar-refractivity contribution is -0.115. The number of rotatable bonds is 9. The van der Waals surface area contributed by atoms with E-state index in [2.05, 4.69) is 20.5 Å². The molecule has 3 N–H and O–H groups in total. The summed E-state index contributed by atoms with van der Waals surface area (Å²) in [7, 11) is 0. The highest BCUT2D eigenvalue weighted by Crippen LogP contribution is 2.25. The van der Waals surface area contributed by atoms with Gasteiger partial charge in [0.1, 0.15) is 11.6 Å². The number of anilines is 2. The molecular weight excluding hydrogens is 427 g/mol. The largest absolute Gasteiger partial charge is 0.376 e. The van der Waals surface area contributed by atoms with Crippen molar-refractivity contribution < 1.29 is 13.9 Å². The van der Waals surface area contributed by atoms with Gasteiger partial charge in [0.05, 0.1) is 30.5 Å². The average Bonchev–Trinajstić information content (AvgIpc) is 3.46. The van der Waals surface area contributed by atoms with E-state index in [-0.39, 0.29) is 17.7 Å². The quantitative estimate of drug-likeness (QED) is 0.485. The number of aromatic nitrogens is 4. The van der Waals surface area contributed by atoms with Gasteiger partial charge in [-0.1, -0.05) is 11.8 Å². The third-order valence-corrected chi connectivity index (χ3v) is 6.33. The molecular formula is C19H21FN6O2S2. The number of nitrogens with one attached hydrogen (secondary N) is 1. The Kier molecular flexibility index (Phi) is 6.60. The molecule has 0 spiro atoms. The van der Waals surface area contributed by atoms with E-state index in [1.54, 1.807) is 12.1 Å². The number of benzene rings is 1. The first kappa shape index (κ1) is 20.8. The van der Waals surface area contributed by atoms with Crippen molar-refractivity contribution in [3.8, 4) is 0 Å². The minimum Gasteiger partial charge on any atom is -0.376 e. The Morgan fingerprint density at radius 3 is 2.93 bits per heavy atom. The Bertz CT molecular complexity index is 1000. The van der Waals surface area contributed by atoms with Crippen LogP contribution < -0.4 is 11.1 Å². The van der Waals surface area contributed by atoms with Crippen molar-refractivity contribution in [3.05, 3.63) is 47.0 Å². The first-order valence-corrected chi connectivity index (χ1v) is 11.3. The molecule has 1 aliphatic heterocycles. The summed E-state index contributed by atoms with van der Waals surface area (Å²) in [5, 5.41) is 15.1. The van der Waals surface area contributed by atoms with Crippen molar-refractivity contribution >= 4 is 39.8 Å². The van der Waals surface area contributed by atoms with Crippen LogP contribution in [0.2, 0.25) is 0 Å². The molecule has 1 fully saturated rings. The van der Waals surface area contributed by atoms with E-state index in [0.29, 0.717) is 23.3 Å². The molecule has 1 amide bonds. The molecule has 0 bridgehead atoms. The van der Waals surface area contributed by atoms with Gasteiger partial charge in [0.15, 0.2) is 10.3 Å². The Labute approximate surface area is 181 Å². The third kappa shape index (κ3) is 5.35. The topological polar surface area (TPSA) is 108 Å². The van der Waals surface area contributed by atoms with Crippen molar-refractivity contribution in [2.24, 2.45) is 5.73 Å². The number of nitrogens with two attached hydrogens (primary N) is 1. The molecule has 3 heterocycles. The molecule has 1 saturated heterocycles. The van der Waals surface area contributed by atoms with Gasteiger partial charge in [-0.2, -0.15) is 0 Å². The predicted octanol–water partition coefficient (Wildman–Crippen LogP) is 2.96. The molecule has 4 rings (SSSR count). The zero-order valence-electron chi connectivity index (χ0n) is 16.1. The van der Waals surface area contributed by atoms with Crippen molar-refractivity contribution in [2.75, 3.05) is 17.7 Å². The van der Waals surface area contributed by atoms with E-state index in [4.69, 9.17) is 10.5 Å². The summed E-state index contributed by atoms with van der Waals surface area (Å²) in [5.74, 6) is 0.225. The highest BCUT2D eigenvalue weighted by atomic mass is 32.2. The molecule has 158 valence electrons. The van der Waals surface area contributed by atoms with Crippen LogP contribution in [0, 0.1) is 5.82 Å². The second-order valence-electron chi connectivity index (χ2n) is 6.85. The van der Waals surface area contributed by atoms with Gasteiger partial charge < -0.3 is 20.4 Å². The van der Waals surface area contributed by atoms with Crippen molar-refractivity contribution in [3.63, 3.8) is 0 Å². The van der Waals surface area contributed by atoms with Gasteiger partial charge in [-0.05, 0) is 37.1 Å². The summed E-state index contributed by atoms with van der Waals surface area (Å²) in [6.45, 7) is 1.39. The van der Waals surface area contributed by atoms with Crippen molar-refractivity contribution in [2.45, 2.75) is 37.1 Å². The second-order valence-corrected chi connectivity index (χ2v) is 8.65. The maximum atomic E-state index is 13.1. The fourth-order valence-electron chi connectivity index (χ4n) is 3.13. The van der Waals surface area contributed by atoms with Crippen LogP contribution in [0.4, 0.5) is 15.2 Å². The summed E-state index contributed by atoms with van der Waals surface area (Å²) in [6.07, 6.45) is 2.63. The smallest absolute Gasteiger partial charge is 0.227 e. The second kappa shape index (κ2) is 9.54. The molecule has 3 aromatic rings. The number of carbonyl (C=O) groups excluding carboxylic acids is 1. The third-order valence-electron chi connectivity index (χ3n) is 4.53. The average molecular weight is 449 g/mol. The Hall–Kier alpha value is -2.50. The predicted molar refractivity (Wildman–Crippen MR) is 114 cm³/mol. The lowest BCUT2D eigenvalue weighted by Gasteiger charge is -2.14. The van der Waals surface area contributed by atoms with E-state index >= 15 is 0 Å². The van der Waals surface area contributed by atoms with Crippen LogP contribution in [-0.2, 0) is 22.5 Å². The lowest BCUT2D eigenvalue weighted by Crippen LogP contribution is -2.19. The zero-order valence-corrected chi connectivity index (χ0v) is 17.7. The van der Waals surface area contributed by atoms with Crippen LogP contribution in [0.5, 0.6) is 0 Å². The van der Waals surface area contributed by atoms with Crippen LogP contribution in [-0.4, -0.2) is 44.1 Å².